The molecule has 3 rings (SSSR count). The van der Waals surface area contributed by atoms with Crippen LogP contribution in [0, 0.1) is 0 Å². The van der Waals surface area contributed by atoms with Crippen molar-refractivity contribution in [3.63, 3.8) is 0 Å². The van der Waals surface area contributed by atoms with Crippen LogP contribution < -0.4 is 5.32 Å². The van der Waals surface area contributed by atoms with Gasteiger partial charge in [0.25, 0.3) is 0 Å². The summed E-state index contributed by atoms with van der Waals surface area (Å²) in [6.45, 7) is 1.77. The van der Waals surface area contributed by atoms with Crippen LogP contribution in [0.25, 0.3) is 0 Å². The van der Waals surface area contributed by atoms with Crippen molar-refractivity contribution in [3.8, 4) is 0 Å². The average Bonchev–Trinajstić information content (AvgIpc) is 3.37. The van der Waals surface area contributed by atoms with Crippen LogP contribution in [0.4, 0.5) is 0 Å². The molecule has 0 aromatic heterocycles. The zero-order valence-corrected chi connectivity index (χ0v) is 43.9. The fourth-order valence-corrected chi connectivity index (χ4v) is 9.96. The second kappa shape index (κ2) is 38.4. The number of unbranched alkanes of at least 4 members (excludes halogenated alkanes) is 25. The van der Waals surface area contributed by atoms with Gasteiger partial charge in [-0.3, -0.25) is 4.79 Å². The molecule has 0 saturated carbocycles. The minimum absolute atomic E-state index is 0.243. The van der Waals surface area contributed by atoms with Gasteiger partial charge in [-0.15, -0.1) is 0 Å². The molecular formula is C53H101NO18. The summed E-state index contributed by atoms with van der Waals surface area (Å²) in [4.78, 5) is 13.3. The largest absolute Gasteiger partial charge is 0.394 e. The first-order valence-corrected chi connectivity index (χ1v) is 28.3. The van der Waals surface area contributed by atoms with Gasteiger partial charge in [-0.25, -0.2) is 0 Å². The van der Waals surface area contributed by atoms with Crippen LogP contribution in [0.5, 0.6) is 0 Å². The minimum atomic E-state index is -1.97. The highest BCUT2D eigenvalue weighted by molar-refractivity contribution is 5.76. The van der Waals surface area contributed by atoms with E-state index in [9.17, 15) is 61.0 Å². The van der Waals surface area contributed by atoms with Gasteiger partial charge in [0.1, 0.15) is 73.2 Å². The fourth-order valence-electron chi connectivity index (χ4n) is 9.96. The van der Waals surface area contributed by atoms with Crippen molar-refractivity contribution in [2.24, 2.45) is 0 Å². The van der Waals surface area contributed by atoms with Crippen LogP contribution in [0.3, 0.4) is 0 Å². The smallest absolute Gasteiger partial charge is 0.220 e. The van der Waals surface area contributed by atoms with Gasteiger partial charge in [-0.05, 0) is 12.8 Å². The first-order chi connectivity index (χ1) is 34.8. The molecule has 12 N–H and O–H groups in total. The number of carbonyl (C=O) groups excluding carboxylic acids is 1. The quantitative estimate of drug-likeness (QED) is 0.0389. The Kier molecular flexibility index (Phi) is 34.7. The molecule has 72 heavy (non-hydrogen) atoms. The Balaban J connectivity index is 1.52. The van der Waals surface area contributed by atoms with Crippen molar-refractivity contribution < 1.29 is 89.4 Å². The van der Waals surface area contributed by atoms with Crippen molar-refractivity contribution in [1.29, 1.82) is 0 Å². The van der Waals surface area contributed by atoms with E-state index in [1.807, 2.05) is 0 Å². The van der Waals surface area contributed by atoms with Crippen molar-refractivity contribution in [3.05, 3.63) is 0 Å². The fraction of sp³-hybridized carbons (Fsp3) is 0.981. The number of aliphatic hydroxyl groups excluding tert-OH is 11. The maximum atomic E-state index is 13.3. The van der Waals surface area contributed by atoms with Crippen molar-refractivity contribution >= 4 is 5.91 Å². The Morgan fingerprint density at radius 2 is 0.792 bits per heavy atom. The van der Waals surface area contributed by atoms with E-state index >= 15 is 0 Å². The highest BCUT2D eigenvalue weighted by atomic mass is 16.8. The third-order valence-corrected chi connectivity index (χ3v) is 14.7. The molecule has 0 radical (unpaired) electrons. The molecule has 3 aliphatic rings. The molecule has 0 aromatic rings. The van der Waals surface area contributed by atoms with Gasteiger partial charge in [0.05, 0.1) is 38.6 Å². The van der Waals surface area contributed by atoms with Crippen molar-refractivity contribution in [1.82, 2.24) is 5.32 Å². The summed E-state index contributed by atoms with van der Waals surface area (Å²) in [5.74, 6) is -0.243. The maximum Gasteiger partial charge on any atom is 0.220 e. The lowest BCUT2D eigenvalue weighted by atomic mass is 9.96. The molecule has 17 atom stereocenters. The molecule has 19 heteroatoms. The Hall–Kier alpha value is -1.21. The first-order valence-electron chi connectivity index (χ1n) is 28.3. The summed E-state index contributed by atoms with van der Waals surface area (Å²) in [7, 11) is 0. The van der Waals surface area contributed by atoms with Gasteiger partial charge in [-0.2, -0.15) is 0 Å². The predicted molar refractivity (Wildman–Crippen MR) is 268 cm³/mol. The third-order valence-electron chi connectivity index (χ3n) is 14.7. The molecule has 3 saturated heterocycles. The number of nitrogens with one attached hydrogen (secondary N) is 1. The van der Waals surface area contributed by atoms with E-state index in [4.69, 9.17) is 28.4 Å². The molecule has 1 amide bonds. The van der Waals surface area contributed by atoms with Crippen molar-refractivity contribution in [2.45, 2.75) is 304 Å². The lowest BCUT2D eigenvalue weighted by Gasteiger charge is -2.48. The maximum absolute atomic E-state index is 13.3. The SMILES string of the molecule is CCCCCCCCCCCCCCCCCCC(O)C(COC1OC(CO)C(OC2OC(CO)C(OC3OC(CO)C(O)C(O)C3O)C(O)C2O)C(O)C1O)NC(=O)CCCCCCCCCCCCC. The Labute approximate surface area is 430 Å². The Bertz CT molecular complexity index is 1340. The monoisotopic (exact) mass is 1040 g/mol. The Morgan fingerprint density at radius 1 is 0.444 bits per heavy atom. The van der Waals surface area contributed by atoms with Gasteiger partial charge < -0.3 is 89.9 Å². The average molecular weight is 1040 g/mol. The zero-order chi connectivity index (χ0) is 52.7. The van der Waals surface area contributed by atoms with Gasteiger partial charge in [0, 0.05) is 6.42 Å². The van der Waals surface area contributed by atoms with E-state index in [-0.39, 0.29) is 18.9 Å². The second-order valence-electron chi connectivity index (χ2n) is 20.8. The number of carbonyl (C=O) groups is 1. The summed E-state index contributed by atoms with van der Waals surface area (Å²) >= 11 is 0. The van der Waals surface area contributed by atoms with Gasteiger partial charge in [-0.1, -0.05) is 181 Å². The van der Waals surface area contributed by atoms with Crippen LogP contribution in [0.15, 0.2) is 0 Å². The van der Waals surface area contributed by atoms with Crippen LogP contribution >= 0.6 is 0 Å². The third kappa shape index (κ3) is 23.2. The summed E-state index contributed by atoms with van der Waals surface area (Å²) in [6.07, 6.45) is 6.27. The summed E-state index contributed by atoms with van der Waals surface area (Å²) in [5, 5.41) is 120. The van der Waals surface area contributed by atoms with Crippen LogP contribution in [0.2, 0.25) is 0 Å². The highest BCUT2D eigenvalue weighted by Crippen LogP contribution is 2.33. The molecule has 17 unspecified atom stereocenters. The predicted octanol–water partition coefficient (Wildman–Crippen LogP) is 3.65. The number of hydrogen-bond acceptors (Lipinski definition) is 18. The molecule has 0 spiro atoms. The molecule has 0 aromatic carbocycles. The Morgan fingerprint density at radius 3 is 1.21 bits per heavy atom. The highest BCUT2D eigenvalue weighted by Gasteiger charge is 2.53. The number of rotatable bonds is 41. The van der Waals surface area contributed by atoms with Gasteiger partial charge >= 0.3 is 0 Å². The molecule has 0 aliphatic carbocycles. The van der Waals surface area contributed by atoms with E-state index in [1.54, 1.807) is 0 Å². The number of aliphatic hydroxyl groups is 11. The van der Waals surface area contributed by atoms with Crippen molar-refractivity contribution in [2.75, 3.05) is 26.4 Å². The summed E-state index contributed by atoms with van der Waals surface area (Å²) in [5.41, 5.74) is 0. The van der Waals surface area contributed by atoms with Crippen LogP contribution in [0.1, 0.15) is 200 Å². The van der Waals surface area contributed by atoms with Crippen LogP contribution in [-0.2, 0) is 33.2 Å². The van der Waals surface area contributed by atoms with Gasteiger partial charge in [0.2, 0.25) is 5.91 Å². The second-order valence-corrected chi connectivity index (χ2v) is 20.8. The summed E-state index contributed by atoms with van der Waals surface area (Å²) < 4.78 is 34.2. The molecule has 19 nitrogen and oxygen atoms in total. The zero-order valence-electron chi connectivity index (χ0n) is 43.9. The summed E-state index contributed by atoms with van der Waals surface area (Å²) in [6, 6.07) is -0.878. The molecule has 3 fully saturated rings. The van der Waals surface area contributed by atoms with E-state index < -0.39 is 124 Å². The lowest BCUT2D eigenvalue weighted by Crippen LogP contribution is -2.66. The number of hydrogen-bond donors (Lipinski definition) is 12. The van der Waals surface area contributed by atoms with E-state index in [0.717, 1.165) is 44.9 Å². The molecular weight excluding hydrogens is 939 g/mol. The van der Waals surface area contributed by atoms with Gasteiger partial charge in [0.15, 0.2) is 18.9 Å². The molecule has 426 valence electrons. The van der Waals surface area contributed by atoms with E-state index in [2.05, 4.69) is 19.2 Å². The normalized spacial score (nSPS) is 31.9. The molecule has 0 bridgehead atoms. The lowest BCUT2D eigenvalue weighted by molar-refractivity contribution is -0.379. The molecule has 3 aliphatic heterocycles. The minimum Gasteiger partial charge on any atom is -0.394 e. The topological polar surface area (TPSA) is 307 Å². The van der Waals surface area contributed by atoms with E-state index in [0.29, 0.717) is 12.8 Å². The number of amides is 1. The first kappa shape index (κ1) is 65.1. The standard InChI is InChI=1S/C53H101NO18/c1-3-5-7-9-11-13-15-16-17-18-19-21-22-24-26-28-30-37(58)36(54-41(59)31-29-27-25-23-20-14-12-10-8-6-4-2)35-67-51-47(65)44(62)49(39(33-56)69-51)72-53-48(66)45(63)50(40(34-57)70-53)71-52-46(64)43(61)42(60)38(32-55)68-52/h36-40,42-53,55-58,60-66H,3-35H2,1-2H3,(H,54,59). The van der Waals surface area contributed by atoms with Crippen LogP contribution in [-0.4, -0.2) is 193 Å². The number of ether oxygens (including phenoxy) is 6. The molecule has 3 heterocycles. The van der Waals surface area contributed by atoms with E-state index in [1.165, 1.54) is 122 Å².